The van der Waals surface area contributed by atoms with E-state index in [1.54, 1.807) is 6.92 Å². The molecule has 0 saturated heterocycles. The van der Waals surface area contributed by atoms with E-state index < -0.39 is 12.4 Å². The third-order valence-corrected chi connectivity index (χ3v) is 0.695. The third kappa shape index (κ3) is 16.2. The summed E-state index contributed by atoms with van der Waals surface area (Å²) in [5.41, 5.74) is 0. The van der Waals surface area contributed by atoms with Crippen molar-refractivity contribution in [2.45, 2.75) is 19.3 Å². The van der Waals surface area contributed by atoms with E-state index in [-0.39, 0.29) is 13.2 Å². The van der Waals surface area contributed by atoms with Crippen molar-refractivity contribution in [3.05, 3.63) is 0 Å². The molecule has 0 aromatic rings. The van der Waals surface area contributed by atoms with Crippen molar-refractivity contribution in [2.24, 2.45) is 0 Å². The van der Waals surface area contributed by atoms with Crippen LogP contribution in [0.3, 0.4) is 0 Å². The highest BCUT2D eigenvalue weighted by atomic mass is 16.5. The minimum absolute atomic E-state index is 0.365. The Bertz CT molecular complexity index is 130. The average molecular weight is 178 g/mol. The molecule has 0 bridgehead atoms. The number of rotatable bonds is 2. The summed E-state index contributed by atoms with van der Waals surface area (Å²) in [7, 11) is 0. The Kier molecular flexibility index (Phi) is 12.0. The summed E-state index contributed by atoms with van der Waals surface area (Å²) in [5.74, 6) is 4.39. The maximum atomic E-state index is 8.17. The molecule has 5 nitrogen and oxygen atoms in total. The van der Waals surface area contributed by atoms with Crippen LogP contribution in [0, 0.1) is 11.8 Å². The van der Waals surface area contributed by atoms with Crippen LogP contribution in [-0.4, -0.2) is 51.1 Å². The van der Waals surface area contributed by atoms with Crippen LogP contribution in [-0.2, 0) is 0 Å². The molecule has 0 aliphatic rings. The minimum Gasteiger partial charge on any atom is -0.394 e. The van der Waals surface area contributed by atoms with Crippen LogP contribution >= 0.6 is 0 Å². The molecule has 5 N–H and O–H groups in total. The summed E-state index contributed by atoms with van der Waals surface area (Å²) in [6.07, 6.45) is -2.42. The normalized spacial score (nSPS) is 8.67. The standard InChI is InChI=1S/C4H6O2.C3H8O3/c1-2-3-4(5)6;4-1-3(6)2-5/h4-6H,1H3;3-6H,1-2H2. The van der Waals surface area contributed by atoms with Crippen LogP contribution in [0.5, 0.6) is 0 Å². The molecule has 0 aromatic heterocycles. The molecule has 0 fully saturated rings. The van der Waals surface area contributed by atoms with Crippen molar-refractivity contribution in [3.63, 3.8) is 0 Å². The van der Waals surface area contributed by atoms with Gasteiger partial charge in [-0.15, -0.1) is 5.92 Å². The van der Waals surface area contributed by atoms with Gasteiger partial charge >= 0.3 is 0 Å². The quantitative estimate of drug-likeness (QED) is 0.241. The second kappa shape index (κ2) is 10.4. The Morgan fingerprint density at radius 1 is 1.08 bits per heavy atom. The number of aliphatic hydroxyl groups excluding tert-OH is 4. The number of hydrogen-bond donors (Lipinski definition) is 5. The smallest absolute Gasteiger partial charge is 0.217 e. The van der Waals surface area contributed by atoms with Crippen LogP contribution in [0.15, 0.2) is 0 Å². The van der Waals surface area contributed by atoms with Crippen LogP contribution in [0.4, 0.5) is 0 Å². The van der Waals surface area contributed by atoms with E-state index in [0.29, 0.717) is 0 Å². The van der Waals surface area contributed by atoms with Crippen LogP contribution in [0.25, 0.3) is 0 Å². The Morgan fingerprint density at radius 3 is 1.50 bits per heavy atom. The Hall–Kier alpha value is -0.640. The second-order valence-corrected chi connectivity index (χ2v) is 1.79. The summed E-state index contributed by atoms with van der Waals surface area (Å²) >= 11 is 0. The molecular formula is C7H14O5. The van der Waals surface area contributed by atoms with Crippen LogP contribution < -0.4 is 0 Å². The minimum atomic E-state index is -1.46. The molecule has 12 heavy (non-hydrogen) atoms. The van der Waals surface area contributed by atoms with Gasteiger partial charge < -0.3 is 25.5 Å². The molecule has 0 atom stereocenters. The van der Waals surface area contributed by atoms with E-state index in [9.17, 15) is 0 Å². The first kappa shape index (κ1) is 13.9. The molecule has 0 rings (SSSR count). The summed E-state index contributed by atoms with van der Waals surface area (Å²) < 4.78 is 0. The fourth-order valence-corrected chi connectivity index (χ4v) is 0.187. The van der Waals surface area contributed by atoms with Crippen molar-refractivity contribution in [1.82, 2.24) is 0 Å². The van der Waals surface area contributed by atoms with Gasteiger partial charge in [0.05, 0.1) is 13.2 Å². The lowest BCUT2D eigenvalue weighted by Crippen LogP contribution is -2.15. The van der Waals surface area contributed by atoms with Gasteiger partial charge in [0.15, 0.2) is 0 Å². The first-order valence-electron chi connectivity index (χ1n) is 3.26. The van der Waals surface area contributed by atoms with Crippen molar-refractivity contribution in [1.29, 1.82) is 0 Å². The van der Waals surface area contributed by atoms with Gasteiger partial charge in [0.25, 0.3) is 0 Å². The van der Waals surface area contributed by atoms with Gasteiger partial charge in [-0.05, 0) is 12.8 Å². The number of aliphatic hydroxyl groups is 5. The molecule has 0 spiro atoms. The summed E-state index contributed by atoms with van der Waals surface area (Å²) in [6, 6.07) is 0. The van der Waals surface area contributed by atoms with Gasteiger partial charge in [0.1, 0.15) is 6.10 Å². The van der Waals surface area contributed by atoms with Crippen LogP contribution in [0.2, 0.25) is 0 Å². The highest BCUT2D eigenvalue weighted by Crippen LogP contribution is 1.71. The molecular weight excluding hydrogens is 164 g/mol. The molecule has 0 unspecified atom stereocenters. The highest BCUT2D eigenvalue weighted by Gasteiger charge is 1.93. The highest BCUT2D eigenvalue weighted by molar-refractivity contribution is 4.96. The Balaban J connectivity index is 0. The zero-order chi connectivity index (χ0) is 9.98. The molecule has 0 heterocycles. The zero-order valence-electron chi connectivity index (χ0n) is 6.80. The van der Waals surface area contributed by atoms with Gasteiger partial charge in [-0.25, -0.2) is 0 Å². The summed E-state index contributed by atoms with van der Waals surface area (Å²) in [6.45, 7) is 0.812. The van der Waals surface area contributed by atoms with Crippen LogP contribution in [0.1, 0.15) is 6.92 Å². The molecule has 0 radical (unpaired) electrons. The predicted molar refractivity (Wildman–Crippen MR) is 41.9 cm³/mol. The maximum absolute atomic E-state index is 8.17. The van der Waals surface area contributed by atoms with E-state index in [4.69, 9.17) is 25.5 Å². The van der Waals surface area contributed by atoms with Crippen molar-refractivity contribution in [3.8, 4) is 11.8 Å². The molecule has 0 saturated carbocycles. The fourth-order valence-electron chi connectivity index (χ4n) is 0.187. The SMILES string of the molecule is CC#CC(O)O.OCC(O)CO. The lowest BCUT2D eigenvalue weighted by atomic mass is 10.4. The topological polar surface area (TPSA) is 101 Å². The fraction of sp³-hybridized carbons (Fsp3) is 0.714. The molecule has 5 heteroatoms. The van der Waals surface area contributed by atoms with E-state index in [1.807, 2.05) is 0 Å². The van der Waals surface area contributed by atoms with Gasteiger partial charge in [-0.1, -0.05) is 0 Å². The van der Waals surface area contributed by atoms with Crippen molar-refractivity contribution >= 4 is 0 Å². The predicted octanol–water partition coefficient (Wildman–Crippen LogP) is -2.35. The molecule has 0 aliphatic heterocycles. The molecule has 0 aromatic carbocycles. The third-order valence-electron chi connectivity index (χ3n) is 0.695. The van der Waals surface area contributed by atoms with Crippen molar-refractivity contribution in [2.75, 3.05) is 13.2 Å². The summed E-state index contributed by atoms with van der Waals surface area (Å²) in [5, 5.41) is 39.9. The lowest BCUT2D eigenvalue weighted by Gasteiger charge is -1.96. The van der Waals surface area contributed by atoms with Crippen molar-refractivity contribution < 1.29 is 25.5 Å². The second-order valence-electron chi connectivity index (χ2n) is 1.79. The van der Waals surface area contributed by atoms with Gasteiger partial charge in [-0.3, -0.25) is 0 Å². The maximum Gasteiger partial charge on any atom is 0.217 e. The molecule has 72 valence electrons. The Morgan fingerprint density at radius 2 is 1.50 bits per heavy atom. The Labute approximate surface area is 70.9 Å². The summed E-state index contributed by atoms with van der Waals surface area (Å²) in [4.78, 5) is 0. The first-order valence-corrected chi connectivity index (χ1v) is 3.26. The van der Waals surface area contributed by atoms with E-state index in [2.05, 4.69) is 11.8 Å². The average Bonchev–Trinajstić information content (AvgIpc) is 2.04. The van der Waals surface area contributed by atoms with Gasteiger partial charge in [0, 0.05) is 0 Å². The largest absolute Gasteiger partial charge is 0.394 e. The first-order chi connectivity index (χ1) is 5.58. The van der Waals surface area contributed by atoms with Gasteiger partial charge in [0.2, 0.25) is 6.29 Å². The monoisotopic (exact) mass is 178 g/mol. The number of hydrogen-bond acceptors (Lipinski definition) is 5. The zero-order valence-corrected chi connectivity index (χ0v) is 6.80. The lowest BCUT2D eigenvalue weighted by molar-refractivity contribution is 0.0108. The van der Waals surface area contributed by atoms with E-state index in [0.717, 1.165) is 0 Å². The van der Waals surface area contributed by atoms with E-state index in [1.165, 1.54) is 0 Å². The molecule has 0 aliphatic carbocycles. The van der Waals surface area contributed by atoms with Gasteiger partial charge in [-0.2, -0.15) is 0 Å². The molecule has 0 amide bonds. The van der Waals surface area contributed by atoms with E-state index >= 15 is 0 Å².